The highest BCUT2D eigenvalue weighted by Crippen LogP contribution is 2.45. The molecule has 0 spiro atoms. The van der Waals surface area contributed by atoms with E-state index < -0.39 is 0 Å². The molecule has 1 heteroatoms. The van der Waals surface area contributed by atoms with Crippen molar-refractivity contribution in [2.45, 2.75) is 0 Å². The number of hydrogen-bond donors (Lipinski definition) is 0. The summed E-state index contributed by atoms with van der Waals surface area (Å²) in [6.07, 6.45) is 0. The van der Waals surface area contributed by atoms with Gasteiger partial charge in [0.25, 0.3) is 0 Å². The summed E-state index contributed by atoms with van der Waals surface area (Å²) in [6, 6.07) is 90.6. The fourth-order valence-corrected chi connectivity index (χ4v) is 8.97. The predicted octanol–water partition coefficient (Wildman–Crippen LogP) is 17.0. The molecule has 11 rings (SSSR count). The van der Waals surface area contributed by atoms with Crippen LogP contribution in [0.15, 0.2) is 249 Å². The minimum Gasteiger partial charge on any atom is -0.310 e. The van der Waals surface area contributed by atoms with Crippen LogP contribution in [0.25, 0.3) is 88.0 Å². The maximum Gasteiger partial charge on any atom is 0.0546 e. The molecule has 0 atom stereocenters. The molecule has 0 bridgehead atoms. The number of hydrogen-bond acceptors (Lipinski definition) is 1. The summed E-state index contributed by atoms with van der Waals surface area (Å²) < 4.78 is 0. The Kier molecular flexibility index (Phi) is 9.26. The van der Waals surface area contributed by atoms with Gasteiger partial charge in [0.1, 0.15) is 0 Å². The number of benzene rings is 11. The van der Waals surface area contributed by atoms with Gasteiger partial charge in [-0.1, -0.05) is 206 Å². The van der Waals surface area contributed by atoms with Crippen molar-refractivity contribution in [3.8, 4) is 55.6 Å². The zero-order valence-corrected chi connectivity index (χ0v) is 33.6. The largest absolute Gasteiger partial charge is 0.310 e. The van der Waals surface area contributed by atoms with E-state index in [1.165, 1.54) is 82.4 Å². The van der Waals surface area contributed by atoms with Gasteiger partial charge >= 0.3 is 0 Å². The second-order valence-electron chi connectivity index (χ2n) is 15.7. The van der Waals surface area contributed by atoms with Crippen LogP contribution < -0.4 is 4.90 Å². The molecule has 61 heavy (non-hydrogen) atoms. The average molecular weight is 776 g/mol. The van der Waals surface area contributed by atoms with Crippen LogP contribution in [0, 0.1) is 0 Å². The quantitative estimate of drug-likeness (QED) is 0.149. The molecule has 0 N–H and O–H groups in total. The normalized spacial score (nSPS) is 11.3. The van der Waals surface area contributed by atoms with E-state index in [-0.39, 0.29) is 0 Å². The molecule has 1 nitrogen and oxygen atoms in total. The minimum absolute atomic E-state index is 1.08. The lowest BCUT2D eigenvalue weighted by atomic mass is 9.93. The number of rotatable bonds is 8. The SMILES string of the molecule is c1ccc(-c2ccc(-c3cccc4ccccc34)cc2N(c2ccc(-c3cccc(-c4ccc5ccccc5c4)c3)cc2)c2ccc(-c3cccc4ccccc34)cc2)cc1. The van der Waals surface area contributed by atoms with Crippen LogP contribution in [0.1, 0.15) is 0 Å². The summed E-state index contributed by atoms with van der Waals surface area (Å²) in [7, 11) is 0. The Morgan fingerprint density at radius 1 is 0.213 bits per heavy atom. The molecule has 0 aromatic heterocycles. The minimum atomic E-state index is 1.08. The first-order valence-electron chi connectivity index (χ1n) is 21.0. The van der Waals surface area contributed by atoms with Crippen molar-refractivity contribution in [3.05, 3.63) is 249 Å². The first kappa shape index (κ1) is 36.1. The van der Waals surface area contributed by atoms with E-state index >= 15 is 0 Å². The van der Waals surface area contributed by atoms with Gasteiger partial charge in [-0.05, 0) is 125 Å². The van der Waals surface area contributed by atoms with Crippen LogP contribution in [-0.2, 0) is 0 Å². The Balaban J connectivity index is 1.06. The van der Waals surface area contributed by atoms with Crippen LogP contribution in [-0.4, -0.2) is 0 Å². The first-order chi connectivity index (χ1) is 30.2. The summed E-state index contributed by atoms with van der Waals surface area (Å²) >= 11 is 0. The second-order valence-corrected chi connectivity index (χ2v) is 15.7. The molecule has 0 unspecified atom stereocenters. The van der Waals surface area contributed by atoms with E-state index in [9.17, 15) is 0 Å². The van der Waals surface area contributed by atoms with E-state index in [1.807, 2.05) is 0 Å². The average Bonchev–Trinajstić information content (AvgIpc) is 3.34. The van der Waals surface area contributed by atoms with Crippen molar-refractivity contribution in [1.82, 2.24) is 0 Å². The fourth-order valence-electron chi connectivity index (χ4n) is 8.97. The summed E-state index contributed by atoms with van der Waals surface area (Å²) in [5, 5.41) is 7.47. The first-order valence-corrected chi connectivity index (χ1v) is 21.0. The lowest BCUT2D eigenvalue weighted by Crippen LogP contribution is -2.11. The van der Waals surface area contributed by atoms with Gasteiger partial charge in [-0.15, -0.1) is 0 Å². The van der Waals surface area contributed by atoms with Crippen molar-refractivity contribution in [1.29, 1.82) is 0 Å². The lowest BCUT2D eigenvalue weighted by Gasteiger charge is -2.29. The van der Waals surface area contributed by atoms with Gasteiger partial charge in [-0.3, -0.25) is 0 Å². The molecule has 286 valence electrons. The third-order valence-corrected chi connectivity index (χ3v) is 12.1. The summed E-state index contributed by atoms with van der Waals surface area (Å²) in [6.45, 7) is 0. The Morgan fingerprint density at radius 2 is 0.656 bits per heavy atom. The smallest absolute Gasteiger partial charge is 0.0546 e. The molecular weight excluding hydrogens is 735 g/mol. The molecule has 0 aliphatic rings. The molecule has 0 aliphatic carbocycles. The zero-order valence-electron chi connectivity index (χ0n) is 33.6. The van der Waals surface area contributed by atoms with E-state index in [4.69, 9.17) is 0 Å². The van der Waals surface area contributed by atoms with Gasteiger partial charge in [0.2, 0.25) is 0 Å². The number of fused-ring (bicyclic) bond motifs is 3. The summed E-state index contributed by atoms with van der Waals surface area (Å²) in [5.41, 5.74) is 15.2. The predicted molar refractivity (Wildman–Crippen MR) is 261 cm³/mol. The molecule has 11 aromatic rings. The van der Waals surface area contributed by atoms with Gasteiger partial charge in [-0.2, -0.15) is 0 Å². The molecular formula is C60H41N. The van der Waals surface area contributed by atoms with Crippen molar-refractivity contribution < 1.29 is 0 Å². The van der Waals surface area contributed by atoms with Crippen molar-refractivity contribution in [3.63, 3.8) is 0 Å². The third-order valence-electron chi connectivity index (χ3n) is 12.1. The van der Waals surface area contributed by atoms with Crippen LogP contribution in [0.4, 0.5) is 17.1 Å². The molecule has 11 aromatic carbocycles. The molecule has 0 amide bonds. The van der Waals surface area contributed by atoms with E-state index in [2.05, 4.69) is 254 Å². The van der Waals surface area contributed by atoms with Gasteiger partial charge in [0, 0.05) is 16.9 Å². The highest BCUT2D eigenvalue weighted by Gasteiger charge is 2.20. The molecule has 0 saturated carbocycles. The van der Waals surface area contributed by atoms with Gasteiger partial charge in [0.15, 0.2) is 0 Å². The molecule has 0 heterocycles. The van der Waals surface area contributed by atoms with E-state index in [0.29, 0.717) is 0 Å². The van der Waals surface area contributed by atoms with Gasteiger partial charge < -0.3 is 4.90 Å². The van der Waals surface area contributed by atoms with Crippen LogP contribution in [0.2, 0.25) is 0 Å². The monoisotopic (exact) mass is 775 g/mol. The van der Waals surface area contributed by atoms with Crippen molar-refractivity contribution in [2.24, 2.45) is 0 Å². The van der Waals surface area contributed by atoms with Crippen LogP contribution in [0.3, 0.4) is 0 Å². The summed E-state index contributed by atoms with van der Waals surface area (Å²) in [5.74, 6) is 0. The van der Waals surface area contributed by atoms with Crippen molar-refractivity contribution in [2.75, 3.05) is 4.90 Å². The molecule has 0 saturated heterocycles. The highest BCUT2D eigenvalue weighted by molar-refractivity contribution is 6.00. The highest BCUT2D eigenvalue weighted by atomic mass is 15.1. The standard InChI is InChI=1S/C60H41N/c1-2-14-46(15-3-1)59-38-33-52(58-26-12-20-45-17-7-9-24-56(45)58)41-60(59)61(54-36-31-47(32-37-54)57-25-11-19-44-16-6-8-23-55(44)57)53-34-29-43(30-35-53)49-21-10-22-50(39-49)51-28-27-42-13-4-5-18-48(42)40-51/h1-41H. The molecule has 0 fully saturated rings. The maximum absolute atomic E-state index is 2.43. The van der Waals surface area contributed by atoms with E-state index in [0.717, 1.165) is 22.6 Å². The maximum atomic E-state index is 2.43. The third kappa shape index (κ3) is 6.93. The topological polar surface area (TPSA) is 3.24 Å². The molecule has 0 radical (unpaired) electrons. The van der Waals surface area contributed by atoms with Crippen molar-refractivity contribution >= 4 is 49.4 Å². The van der Waals surface area contributed by atoms with Crippen LogP contribution in [0.5, 0.6) is 0 Å². The summed E-state index contributed by atoms with van der Waals surface area (Å²) in [4.78, 5) is 2.43. The van der Waals surface area contributed by atoms with Gasteiger partial charge in [-0.25, -0.2) is 0 Å². The Morgan fingerprint density at radius 3 is 1.33 bits per heavy atom. The Hall–Kier alpha value is -8.00. The number of anilines is 3. The second kappa shape index (κ2) is 15.6. The van der Waals surface area contributed by atoms with E-state index in [1.54, 1.807) is 0 Å². The zero-order chi connectivity index (χ0) is 40.5. The lowest BCUT2D eigenvalue weighted by molar-refractivity contribution is 1.28. The Bertz CT molecular complexity index is 3330. The molecule has 0 aliphatic heterocycles. The van der Waals surface area contributed by atoms with Crippen LogP contribution >= 0.6 is 0 Å². The Labute approximate surface area is 357 Å². The van der Waals surface area contributed by atoms with Gasteiger partial charge in [0.05, 0.1) is 5.69 Å². The fraction of sp³-hybridized carbons (Fsp3) is 0. The number of nitrogens with zero attached hydrogens (tertiary/aromatic N) is 1.